The van der Waals surface area contributed by atoms with Gasteiger partial charge in [0.2, 0.25) is 0 Å². The summed E-state index contributed by atoms with van der Waals surface area (Å²) in [5.74, 6) is -0.233. The topological polar surface area (TPSA) is 24.9 Å². The third-order valence-corrected chi connectivity index (χ3v) is 3.28. The first-order valence-electron chi connectivity index (χ1n) is 6.25. The molecule has 2 aromatic carbocycles. The van der Waals surface area contributed by atoms with E-state index in [4.69, 9.17) is 11.6 Å². The van der Waals surface area contributed by atoms with E-state index in [0.717, 1.165) is 22.2 Å². The third-order valence-electron chi connectivity index (χ3n) is 3.07. The largest absolute Gasteiger partial charge is 0.379 e. The summed E-state index contributed by atoms with van der Waals surface area (Å²) in [7, 11) is 0. The first-order valence-corrected chi connectivity index (χ1v) is 6.63. The molecule has 0 saturated heterocycles. The number of rotatable bonds is 3. The summed E-state index contributed by atoms with van der Waals surface area (Å²) < 4.78 is 12.9. The van der Waals surface area contributed by atoms with Crippen molar-refractivity contribution in [1.82, 2.24) is 4.98 Å². The van der Waals surface area contributed by atoms with E-state index in [1.54, 1.807) is 18.3 Å². The van der Waals surface area contributed by atoms with Gasteiger partial charge in [-0.2, -0.15) is 0 Å². The smallest absolute Gasteiger partial charge is 0.123 e. The molecule has 4 heteroatoms. The number of nitrogens with zero attached hydrogens (tertiary/aromatic N) is 1. The molecule has 3 aromatic rings. The van der Waals surface area contributed by atoms with E-state index in [1.807, 2.05) is 24.3 Å². The van der Waals surface area contributed by atoms with Crippen LogP contribution in [0.2, 0.25) is 5.02 Å². The van der Waals surface area contributed by atoms with Gasteiger partial charge < -0.3 is 5.32 Å². The fraction of sp³-hybridized carbons (Fsp3) is 0.0625. The quantitative estimate of drug-likeness (QED) is 0.759. The number of nitrogens with one attached hydrogen (secondary N) is 1. The van der Waals surface area contributed by atoms with Gasteiger partial charge in [0.1, 0.15) is 5.82 Å². The Morgan fingerprint density at radius 2 is 1.90 bits per heavy atom. The van der Waals surface area contributed by atoms with Crippen molar-refractivity contribution in [3.05, 3.63) is 71.1 Å². The van der Waals surface area contributed by atoms with Gasteiger partial charge >= 0.3 is 0 Å². The number of halogens is 2. The van der Waals surface area contributed by atoms with Gasteiger partial charge in [-0.25, -0.2) is 4.39 Å². The van der Waals surface area contributed by atoms with Gasteiger partial charge in [0, 0.05) is 23.2 Å². The summed E-state index contributed by atoms with van der Waals surface area (Å²) in [5, 5.41) is 4.94. The molecule has 1 N–H and O–H groups in total. The summed E-state index contributed by atoms with van der Waals surface area (Å²) in [5.41, 5.74) is 2.74. The molecule has 0 fully saturated rings. The molecular weight excluding hydrogens is 275 g/mol. The van der Waals surface area contributed by atoms with Crippen LogP contribution in [-0.4, -0.2) is 4.98 Å². The maximum absolute atomic E-state index is 12.9. The standard InChI is InChI=1S/C16H12ClFN2/c17-13-8-12-2-1-7-19-16(12)15(9-13)20-10-11-3-5-14(18)6-4-11/h1-9,20H,10H2. The van der Waals surface area contributed by atoms with Gasteiger partial charge in [-0.15, -0.1) is 0 Å². The molecule has 0 bridgehead atoms. The second-order valence-corrected chi connectivity index (χ2v) is 4.94. The lowest BCUT2D eigenvalue weighted by Gasteiger charge is -2.10. The fourth-order valence-corrected chi connectivity index (χ4v) is 2.32. The molecule has 3 rings (SSSR count). The number of benzene rings is 2. The van der Waals surface area contributed by atoms with Gasteiger partial charge in [0.25, 0.3) is 0 Å². The summed E-state index contributed by atoms with van der Waals surface area (Å²) in [6.07, 6.45) is 1.75. The molecule has 0 unspecified atom stereocenters. The maximum atomic E-state index is 12.9. The number of aromatic nitrogens is 1. The van der Waals surface area contributed by atoms with Crippen molar-refractivity contribution in [2.24, 2.45) is 0 Å². The summed E-state index contributed by atoms with van der Waals surface area (Å²) in [6.45, 7) is 0.590. The average Bonchev–Trinajstić information content (AvgIpc) is 2.46. The molecule has 1 heterocycles. The average molecular weight is 287 g/mol. The molecular formula is C16H12ClFN2. The van der Waals surface area contributed by atoms with Crippen molar-refractivity contribution < 1.29 is 4.39 Å². The van der Waals surface area contributed by atoms with Crippen LogP contribution >= 0.6 is 11.6 Å². The lowest BCUT2D eigenvalue weighted by atomic mass is 10.1. The predicted molar refractivity (Wildman–Crippen MR) is 80.5 cm³/mol. The molecule has 0 saturated carbocycles. The van der Waals surface area contributed by atoms with Gasteiger partial charge in [-0.05, 0) is 35.9 Å². The Balaban J connectivity index is 1.88. The minimum atomic E-state index is -0.233. The van der Waals surface area contributed by atoms with Crippen molar-refractivity contribution in [2.45, 2.75) is 6.54 Å². The van der Waals surface area contributed by atoms with E-state index in [9.17, 15) is 4.39 Å². The van der Waals surface area contributed by atoms with Crippen LogP contribution in [0.3, 0.4) is 0 Å². The molecule has 0 aliphatic heterocycles. The molecule has 0 aliphatic carbocycles. The maximum Gasteiger partial charge on any atom is 0.123 e. The monoisotopic (exact) mass is 286 g/mol. The molecule has 2 nitrogen and oxygen atoms in total. The first-order chi connectivity index (χ1) is 9.72. The highest BCUT2D eigenvalue weighted by atomic mass is 35.5. The zero-order valence-corrected chi connectivity index (χ0v) is 11.4. The van der Waals surface area contributed by atoms with Crippen molar-refractivity contribution >= 4 is 28.2 Å². The van der Waals surface area contributed by atoms with Crippen LogP contribution in [0.5, 0.6) is 0 Å². The van der Waals surface area contributed by atoms with Crippen molar-refractivity contribution in [3.63, 3.8) is 0 Å². The fourth-order valence-electron chi connectivity index (χ4n) is 2.09. The number of hydrogen-bond donors (Lipinski definition) is 1. The van der Waals surface area contributed by atoms with Crippen molar-refractivity contribution in [1.29, 1.82) is 0 Å². The highest BCUT2D eigenvalue weighted by molar-refractivity contribution is 6.31. The van der Waals surface area contributed by atoms with Crippen molar-refractivity contribution in [3.8, 4) is 0 Å². The highest BCUT2D eigenvalue weighted by Gasteiger charge is 2.04. The molecule has 0 radical (unpaired) electrons. The van der Waals surface area contributed by atoms with Gasteiger partial charge in [-0.3, -0.25) is 4.98 Å². The molecule has 0 atom stereocenters. The minimum Gasteiger partial charge on any atom is -0.379 e. The Bertz CT molecular complexity index is 741. The van der Waals surface area contributed by atoms with Crippen LogP contribution in [-0.2, 0) is 6.54 Å². The van der Waals surface area contributed by atoms with E-state index in [2.05, 4.69) is 10.3 Å². The lowest BCUT2D eigenvalue weighted by molar-refractivity contribution is 0.627. The molecule has 20 heavy (non-hydrogen) atoms. The number of hydrogen-bond acceptors (Lipinski definition) is 2. The Morgan fingerprint density at radius 3 is 2.70 bits per heavy atom. The number of pyridine rings is 1. The zero-order chi connectivity index (χ0) is 13.9. The van der Waals surface area contributed by atoms with Gasteiger partial charge in [0.15, 0.2) is 0 Å². The van der Waals surface area contributed by atoms with E-state index in [0.29, 0.717) is 11.6 Å². The summed E-state index contributed by atoms with van der Waals surface area (Å²) >= 11 is 6.11. The van der Waals surface area contributed by atoms with Gasteiger partial charge in [-0.1, -0.05) is 29.8 Å². The van der Waals surface area contributed by atoms with Crippen LogP contribution < -0.4 is 5.32 Å². The second-order valence-electron chi connectivity index (χ2n) is 4.51. The van der Waals surface area contributed by atoms with E-state index < -0.39 is 0 Å². The Hall–Kier alpha value is -2.13. The van der Waals surface area contributed by atoms with Gasteiger partial charge in [0.05, 0.1) is 11.2 Å². The van der Waals surface area contributed by atoms with E-state index in [-0.39, 0.29) is 5.82 Å². The van der Waals surface area contributed by atoms with Crippen LogP contribution in [0.15, 0.2) is 54.7 Å². The van der Waals surface area contributed by atoms with E-state index in [1.165, 1.54) is 12.1 Å². The SMILES string of the molecule is Fc1ccc(CNc2cc(Cl)cc3cccnc23)cc1. The lowest BCUT2D eigenvalue weighted by Crippen LogP contribution is -2.00. The third kappa shape index (κ3) is 2.73. The normalized spacial score (nSPS) is 10.7. The molecule has 1 aromatic heterocycles. The summed E-state index contributed by atoms with van der Waals surface area (Å²) in [6, 6.07) is 14.0. The van der Waals surface area contributed by atoms with Crippen LogP contribution in [0.1, 0.15) is 5.56 Å². The molecule has 100 valence electrons. The van der Waals surface area contributed by atoms with Crippen LogP contribution in [0.25, 0.3) is 10.9 Å². The Labute approximate surface area is 121 Å². The Morgan fingerprint density at radius 1 is 1.10 bits per heavy atom. The molecule has 0 amide bonds. The minimum absolute atomic E-state index is 0.233. The van der Waals surface area contributed by atoms with Crippen LogP contribution in [0.4, 0.5) is 10.1 Å². The zero-order valence-electron chi connectivity index (χ0n) is 10.6. The summed E-state index contributed by atoms with van der Waals surface area (Å²) in [4.78, 5) is 4.37. The second kappa shape index (κ2) is 5.47. The van der Waals surface area contributed by atoms with E-state index >= 15 is 0 Å². The van der Waals surface area contributed by atoms with Crippen LogP contribution in [0, 0.1) is 5.82 Å². The Kier molecular flexibility index (Phi) is 3.52. The van der Waals surface area contributed by atoms with Crippen molar-refractivity contribution in [2.75, 3.05) is 5.32 Å². The first kappa shape index (κ1) is 12.9. The molecule has 0 aliphatic rings. The predicted octanol–water partition coefficient (Wildman–Crippen LogP) is 4.64. The molecule has 0 spiro atoms. The number of anilines is 1. The highest BCUT2D eigenvalue weighted by Crippen LogP contribution is 2.26. The number of fused-ring (bicyclic) bond motifs is 1.